The first-order valence-electron chi connectivity index (χ1n) is 7.18. The lowest BCUT2D eigenvalue weighted by atomic mass is 10.1. The summed E-state index contributed by atoms with van der Waals surface area (Å²) in [5.74, 6) is -1.69. The SMILES string of the molecule is Cc1c(C(=O)N[C@@H]2CC[C@H](C(=O)O)C2)sc2cc(F)ccc12. The first kappa shape index (κ1) is 15.0. The highest BCUT2D eigenvalue weighted by Gasteiger charge is 2.31. The molecule has 2 aromatic rings. The number of hydrogen-bond donors (Lipinski definition) is 2. The van der Waals surface area contributed by atoms with Gasteiger partial charge < -0.3 is 10.4 Å². The van der Waals surface area contributed by atoms with Gasteiger partial charge in [-0.25, -0.2) is 4.39 Å². The third-order valence-corrected chi connectivity index (χ3v) is 5.48. The Morgan fingerprint density at radius 1 is 1.36 bits per heavy atom. The fraction of sp³-hybridized carbons (Fsp3) is 0.375. The van der Waals surface area contributed by atoms with E-state index in [1.807, 2.05) is 6.92 Å². The molecule has 1 aromatic carbocycles. The summed E-state index contributed by atoms with van der Waals surface area (Å²) < 4.78 is 14.0. The zero-order valence-corrected chi connectivity index (χ0v) is 12.9. The predicted molar refractivity (Wildman–Crippen MR) is 82.8 cm³/mol. The van der Waals surface area contributed by atoms with Gasteiger partial charge in [-0.3, -0.25) is 9.59 Å². The molecule has 1 aliphatic rings. The van der Waals surface area contributed by atoms with E-state index >= 15 is 0 Å². The van der Waals surface area contributed by atoms with Crippen molar-refractivity contribution in [3.05, 3.63) is 34.5 Å². The smallest absolute Gasteiger partial charge is 0.306 e. The Kier molecular flexibility index (Phi) is 3.87. The molecule has 0 spiro atoms. The van der Waals surface area contributed by atoms with Gasteiger partial charge in [-0.1, -0.05) is 6.07 Å². The number of carboxylic acids is 1. The number of nitrogens with one attached hydrogen (secondary N) is 1. The van der Waals surface area contributed by atoms with E-state index in [2.05, 4.69) is 5.32 Å². The molecule has 116 valence electrons. The zero-order chi connectivity index (χ0) is 15.9. The number of amides is 1. The molecule has 1 aromatic heterocycles. The van der Waals surface area contributed by atoms with Crippen molar-refractivity contribution in [3.63, 3.8) is 0 Å². The van der Waals surface area contributed by atoms with Gasteiger partial charge in [-0.05, 0) is 49.3 Å². The molecule has 2 N–H and O–H groups in total. The van der Waals surface area contributed by atoms with Crippen LogP contribution in [0.3, 0.4) is 0 Å². The Morgan fingerprint density at radius 2 is 2.14 bits per heavy atom. The van der Waals surface area contributed by atoms with Crippen molar-refractivity contribution in [2.45, 2.75) is 32.2 Å². The van der Waals surface area contributed by atoms with E-state index in [4.69, 9.17) is 5.11 Å². The number of halogens is 1. The summed E-state index contributed by atoms with van der Waals surface area (Å²) in [5.41, 5.74) is 0.838. The van der Waals surface area contributed by atoms with Crippen LogP contribution < -0.4 is 5.32 Å². The maximum absolute atomic E-state index is 13.3. The molecule has 1 amide bonds. The molecule has 0 unspecified atom stereocenters. The molecule has 2 atom stereocenters. The first-order chi connectivity index (χ1) is 10.5. The van der Waals surface area contributed by atoms with Gasteiger partial charge in [0, 0.05) is 10.7 Å². The van der Waals surface area contributed by atoms with Crippen LogP contribution >= 0.6 is 11.3 Å². The number of rotatable bonds is 3. The molecule has 1 heterocycles. The summed E-state index contributed by atoms with van der Waals surface area (Å²) in [5, 5.41) is 12.8. The molecule has 1 saturated carbocycles. The van der Waals surface area contributed by atoms with Gasteiger partial charge in [0.25, 0.3) is 5.91 Å². The Hall–Kier alpha value is -1.95. The summed E-state index contributed by atoms with van der Waals surface area (Å²) in [6.45, 7) is 1.85. The highest BCUT2D eigenvalue weighted by molar-refractivity contribution is 7.21. The van der Waals surface area contributed by atoms with Crippen LogP contribution in [0.25, 0.3) is 10.1 Å². The number of carbonyl (C=O) groups is 2. The van der Waals surface area contributed by atoms with Crippen LogP contribution in [0.15, 0.2) is 18.2 Å². The molecule has 0 bridgehead atoms. The van der Waals surface area contributed by atoms with Crippen LogP contribution in [0.1, 0.15) is 34.5 Å². The Labute approximate surface area is 130 Å². The molecular formula is C16H16FNO3S. The third-order valence-electron chi connectivity index (χ3n) is 4.22. The molecule has 3 rings (SSSR count). The number of benzene rings is 1. The van der Waals surface area contributed by atoms with E-state index in [1.165, 1.54) is 23.5 Å². The van der Waals surface area contributed by atoms with E-state index in [-0.39, 0.29) is 23.7 Å². The molecule has 4 nitrogen and oxygen atoms in total. The van der Waals surface area contributed by atoms with Crippen molar-refractivity contribution in [1.29, 1.82) is 0 Å². The lowest BCUT2D eigenvalue weighted by Gasteiger charge is -2.11. The monoisotopic (exact) mass is 321 g/mol. The number of aryl methyl sites for hydroxylation is 1. The highest BCUT2D eigenvalue weighted by Crippen LogP contribution is 2.32. The average Bonchev–Trinajstić information content (AvgIpc) is 3.04. The minimum absolute atomic E-state index is 0.102. The minimum atomic E-state index is -0.801. The first-order valence-corrected chi connectivity index (χ1v) is 7.99. The number of aliphatic carboxylic acids is 1. The number of hydrogen-bond acceptors (Lipinski definition) is 3. The van der Waals surface area contributed by atoms with Crippen LogP contribution in [-0.4, -0.2) is 23.0 Å². The minimum Gasteiger partial charge on any atom is -0.481 e. The van der Waals surface area contributed by atoms with Crippen molar-refractivity contribution < 1.29 is 19.1 Å². The van der Waals surface area contributed by atoms with Gasteiger partial charge in [0.15, 0.2) is 0 Å². The normalized spacial score (nSPS) is 21.2. The van der Waals surface area contributed by atoms with Gasteiger partial charge in [0.1, 0.15) is 5.82 Å². The van der Waals surface area contributed by atoms with Crippen molar-refractivity contribution in [1.82, 2.24) is 5.32 Å². The Balaban J connectivity index is 1.78. The fourth-order valence-corrected chi connectivity index (χ4v) is 4.14. The number of thiophene rings is 1. The molecule has 1 fully saturated rings. The van der Waals surface area contributed by atoms with Crippen LogP contribution in [0, 0.1) is 18.7 Å². The molecule has 6 heteroatoms. The van der Waals surface area contributed by atoms with E-state index in [0.717, 1.165) is 15.6 Å². The summed E-state index contributed by atoms with van der Waals surface area (Å²) in [6, 6.07) is 4.40. The highest BCUT2D eigenvalue weighted by atomic mass is 32.1. The van der Waals surface area contributed by atoms with E-state index < -0.39 is 5.97 Å². The van der Waals surface area contributed by atoms with Crippen molar-refractivity contribution in [2.75, 3.05) is 0 Å². The maximum atomic E-state index is 13.3. The number of fused-ring (bicyclic) bond motifs is 1. The predicted octanol–water partition coefficient (Wildman–Crippen LogP) is 3.33. The summed E-state index contributed by atoms with van der Waals surface area (Å²) in [4.78, 5) is 23.9. The van der Waals surface area contributed by atoms with Crippen molar-refractivity contribution in [2.24, 2.45) is 5.92 Å². The zero-order valence-electron chi connectivity index (χ0n) is 12.1. The summed E-state index contributed by atoms with van der Waals surface area (Å²) >= 11 is 1.27. The number of carboxylic acid groups (broad SMARTS) is 1. The second kappa shape index (κ2) is 5.68. The van der Waals surface area contributed by atoms with Gasteiger partial charge in [-0.15, -0.1) is 11.3 Å². The van der Waals surface area contributed by atoms with Crippen molar-refractivity contribution >= 4 is 33.3 Å². The van der Waals surface area contributed by atoms with Crippen LogP contribution in [0.4, 0.5) is 4.39 Å². The second-order valence-electron chi connectivity index (χ2n) is 5.72. The molecule has 0 saturated heterocycles. The fourth-order valence-electron chi connectivity index (χ4n) is 3.00. The van der Waals surface area contributed by atoms with Gasteiger partial charge in [-0.2, -0.15) is 0 Å². The summed E-state index contributed by atoms with van der Waals surface area (Å²) in [7, 11) is 0. The molecular weight excluding hydrogens is 305 g/mol. The average molecular weight is 321 g/mol. The third kappa shape index (κ3) is 2.70. The van der Waals surface area contributed by atoms with E-state index in [1.54, 1.807) is 6.07 Å². The number of carbonyl (C=O) groups excluding carboxylic acids is 1. The van der Waals surface area contributed by atoms with Crippen LogP contribution in [0.2, 0.25) is 0 Å². The molecule has 22 heavy (non-hydrogen) atoms. The molecule has 0 aliphatic heterocycles. The lowest BCUT2D eigenvalue weighted by Crippen LogP contribution is -2.33. The van der Waals surface area contributed by atoms with Gasteiger partial charge >= 0.3 is 5.97 Å². The Morgan fingerprint density at radius 3 is 2.82 bits per heavy atom. The summed E-state index contributed by atoms with van der Waals surface area (Å²) in [6.07, 6.45) is 1.75. The van der Waals surface area contributed by atoms with E-state index in [9.17, 15) is 14.0 Å². The van der Waals surface area contributed by atoms with E-state index in [0.29, 0.717) is 24.1 Å². The lowest BCUT2D eigenvalue weighted by molar-refractivity contribution is -0.141. The quantitative estimate of drug-likeness (QED) is 0.911. The maximum Gasteiger partial charge on any atom is 0.306 e. The largest absolute Gasteiger partial charge is 0.481 e. The standard InChI is InChI=1S/C16H16FNO3S/c1-8-12-5-3-10(17)7-13(12)22-14(8)15(19)18-11-4-2-9(6-11)16(20)21/h3,5,7,9,11H,2,4,6H2,1H3,(H,18,19)(H,20,21)/t9-,11+/m0/s1. The Bertz CT molecular complexity index is 755. The van der Waals surface area contributed by atoms with Crippen LogP contribution in [0.5, 0.6) is 0 Å². The van der Waals surface area contributed by atoms with Crippen molar-refractivity contribution in [3.8, 4) is 0 Å². The molecule has 0 radical (unpaired) electrons. The van der Waals surface area contributed by atoms with Gasteiger partial charge in [0.2, 0.25) is 0 Å². The van der Waals surface area contributed by atoms with Gasteiger partial charge in [0.05, 0.1) is 10.8 Å². The topological polar surface area (TPSA) is 66.4 Å². The second-order valence-corrected chi connectivity index (χ2v) is 6.77. The van der Waals surface area contributed by atoms with Crippen LogP contribution in [-0.2, 0) is 4.79 Å². The molecule has 1 aliphatic carbocycles.